The highest BCUT2D eigenvalue weighted by Crippen LogP contribution is 2.19. The van der Waals surface area contributed by atoms with Gasteiger partial charge in [-0.2, -0.15) is 0 Å². The second-order valence-corrected chi connectivity index (χ2v) is 7.46. The molecule has 5 nitrogen and oxygen atoms in total. The third-order valence-electron chi connectivity index (χ3n) is 5.34. The number of benzene rings is 3. The van der Waals surface area contributed by atoms with Gasteiger partial charge in [-0.1, -0.05) is 60.7 Å². The zero-order chi connectivity index (χ0) is 20.8. The van der Waals surface area contributed by atoms with Gasteiger partial charge in [-0.25, -0.2) is 0 Å². The minimum Gasteiger partial charge on any atom is -0.380 e. The lowest BCUT2D eigenvalue weighted by atomic mass is 10.0. The maximum atomic E-state index is 12.5. The van der Waals surface area contributed by atoms with Crippen molar-refractivity contribution in [1.82, 2.24) is 10.2 Å². The minimum atomic E-state index is -0.235. The molecule has 1 aliphatic heterocycles. The fourth-order valence-electron chi connectivity index (χ4n) is 3.69. The molecule has 1 aliphatic rings. The Kier molecular flexibility index (Phi) is 6.09. The summed E-state index contributed by atoms with van der Waals surface area (Å²) >= 11 is 0. The van der Waals surface area contributed by atoms with Gasteiger partial charge in [-0.15, -0.1) is 0 Å². The van der Waals surface area contributed by atoms with Crippen LogP contribution in [-0.2, 0) is 4.79 Å². The molecule has 2 N–H and O–H groups in total. The largest absolute Gasteiger partial charge is 0.380 e. The lowest BCUT2D eigenvalue weighted by molar-refractivity contribution is -0.129. The minimum absolute atomic E-state index is 0.0112. The highest BCUT2D eigenvalue weighted by Gasteiger charge is 2.26. The number of carbonyl (C=O) groups is 2. The molecule has 4 rings (SSSR count). The van der Waals surface area contributed by atoms with Crippen molar-refractivity contribution in [2.24, 2.45) is 0 Å². The molecule has 3 aromatic rings. The fourth-order valence-corrected chi connectivity index (χ4v) is 3.69. The topological polar surface area (TPSA) is 61.4 Å². The lowest BCUT2D eigenvalue weighted by Gasteiger charge is -2.18. The Labute approximate surface area is 176 Å². The quantitative estimate of drug-likeness (QED) is 0.663. The molecule has 3 aromatic carbocycles. The predicted octanol–water partition coefficient (Wildman–Crippen LogP) is 3.80. The van der Waals surface area contributed by atoms with E-state index in [0.717, 1.165) is 23.2 Å². The van der Waals surface area contributed by atoms with Crippen molar-refractivity contribution in [3.05, 3.63) is 90.5 Å². The number of nitrogens with one attached hydrogen (secondary N) is 2. The Morgan fingerprint density at radius 3 is 2.17 bits per heavy atom. The van der Waals surface area contributed by atoms with E-state index in [4.69, 9.17) is 0 Å². The average molecular weight is 399 g/mol. The third kappa shape index (κ3) is 4.87. The molecule has 1 saturated heterocycles. The van der Waals surface area contributed by atoms with Gasteiger partial charge in [-0.3, -0.25) is 9.59 Å². The summed E-state index contributed by atoms with van der Waals surface area (Å²) in [6.07, 6.45) is 0.898. The number of nitrogens with zero attached hydrogens (tertiary/aromatic N) is 1. The second kappa shape index (κ2) is 9.27. The first-order chi connectivity index (χ1) is 14.7. The van der Waals surface area contributed by atoms with Gasteiger partial charge >= 0.3 is 0 Å². The average Bonchev–Trinajstić information content (AvgIpc) is 3.27. The van der Waals surface area contributed by atoms with Gasteiger partial charge in [0.15, 0.2) is 0 Å². The highest BCUT2D eigenvalue weighted by atomic mass is 16.2. The van der Waals surface area contributed by atoms with E-state index in [0.29, 0.717) is 18.7 Å². The van der Waals surface area contributed by atoms with Crippen LogP contribution in [0, 0.1) is 0 Å². The summed E-state index contributed by atoms with van der Waals surface area (Å²) in [4.78, 5) is 26.7. The van der Waals surface area contributed by atoms with Crippen LogP contribution in [0.25, 0.3) is 11.1 Å². The number of likely N-dealkylation sites (tertiary alicyclic amines) is 1. The molecule has 1 heterocycles. The normalized spacial score (nSPS) is 15.6. The van der Waals surface area contributed by atoms with Gasteiger partial charge < -0.3 is 15.5 Å². The van der Waals surface area contributed by atoms with Crippen molar-refractivity contribution >= 4 is 17.5 Å². The SMILES string of the molecule is O=C(NCC(=O)N1CCC(Nc2ccccc2)C1)c1ccc(-c2ccccc2)cc1. The van der Waals surface area contributed by atoms with Crippen molar-refractivity contribution in [1.29, 1.82) is 0 Å². The van der Waals surface area contributed by atoms with Crippen molar-refractivity contribution < 1.29 is 9.59 Å². The molecule has 0 aromatic heterocycles. The number of hydrogen-bond donors (Lipinski definition) is 2. The van der Waals surface area contributed by atoms with Gasteiger partial charge in [0.05, 0.1) is 6.54 Å². The van der Waals surface area contributed by atoms with Crippen LogP contribution in [0.5, 0.6) is 0 Å². The molecule has 1 unspecified atom stereocenters. The van der Waals surface area contributed by atoms with E-state index in [2.05, 4.69) is 10.6 Å². The van der Waals surface area contributed by atoms with Gasteiger partial charge in [0.25, 0.3) is 5.91 Å². The molecule has 0 saturated carbocycles. The van der Waals surface area contributed by atoms with Gasteiger partial charge in [0.1, 0.15) is 0 Å². The van der Waals surface area contributed by atoms with E-state index in [1.807, 2.05) is 72.8 Å². The summed E-state index contributed by atoms with van der Waals surface area (Å²) in [6.45, 7) is 1.36. The zero-order valence-corrected chi connectivity index (χ0v) is 16.8. The first kappa shape index (κ1) is 19.7. The number of anilines is 1. The van der Waals surface area contributed by atoms with Crippen LogP contribution in [0.4, 0.5) is 5.69 Å². The first-order valence-electron chi connectivity index (χ1n) is 10.2. The van der Waals surface area contributed by atoms with Crippen LogP contribution < -0.4 is 10.6 Å². The summed E-state index contributed by atoms with van der Waals surface area (Å²) in [5.74, 6) is -0.289. The summed E-state index contributed by atoms with van der Waals surface area (Å²) in [7, 11) is 0. The Morgan fingerprint density at radius 2 is 1.47 bits per heavy atom. The molecule has 5 heteroatoms. The van der Waals surface area contributed by atoms with E-state index in [-0.39, 0.29) is 24.4 Å². The summed E-state index contributed by atoms with van der Waals surface area (Å²) in [5, 5.41) is 6.20. The number of para-hydroxylation sites is 1. The van der Waals surface area contributed by atoms with Gasteiger partial charge in [-0.05, 0) is 41.8 Å². The van der Waals surface area contributed by atoms with E-state index >= 15 is 0 Å². The maximum Gasteiger partial charge on any atom is 0.251 e. The fraction of sp³-hybridized carbons (Fsp3) is 0.200. The van der Waals surface area contributed by atoms with Crippen LogP contribution >= 0.6 is 0 Å². The molecule has 152 valence electrons. The number of amides is 2. The van der Waals surface area contributed by atoms with E-state index in [1.54, 1.807) is 17.0 Å². The summed E-state index contributed by atoms with van der Waals surface area (Å²) in [5.41, 5.74) is 3.76. The van der Waals surface area contributed by atoms with Crippen LogP contribution in [0.1, 0.15) is 16.8 Å². The summed E-state index contributed by atoms with van der Waals surface area (Å²) < 4.78 is 0. The summed E-state index contributed by atoms with van der Waals surface area (Å²) in [6, 6.07) is 27.7. The monoisotopic (exact) mass is 399 g/mol. The lowest BCUT2D eigenvalue weighted by Crippen LogP contribution is -2.40. The molecular weight excluding hydrogens is 374 g/mol. The third-order valence-corrected chi connectivity index (χ3v) is 5.34. The van der Waals surface area contributed by atoms with Crippen molar-refractivity contribution in [3.63, 3.8) is 0 Å². The van der Waals surface area contributed by atoms with Crippen LogP contribution in [0.3, 0.4) is 0 Å². The number of hydrogen-bond acceptors (Lipinski definition) is 3. The smallest absolute Gasteiger partial charge is 0.251 e. The number of rotatable bonds is 6. The second-order valence-electron chi connectivity index (χ2n) is 7.46. The van der Waals surface area contributed by atoms with Crippen LogP contribution in [-0.4, -0.2) is 42.4 Å². The Balaban J connectivity index is 1.26. The molecule has 0 aliphatic carbocycles. The number of carbonyl (C=O) groups excluding carboxylic acids is 2. The Hall–Kier alpha value is -3.60. The maximum absolute atomic E-state index is 12.5. The Bertz CT molecular complexity index is 988. The Morgan fingerprint density at radius 1 is 0.833 bits per heavy atom. The van der Waals surface area contributed by atoms with Crippen molar-refractivity contribution in [2.75, 3.05) is 25.0 Å². The van der Waals surface area contributed by atoms with Crippen molar-refractivity contribution in [2.45, 2.75) is 12.5 Å². The molecule has 0 spiro atoms. The van der Waals surface area contributed by atoms with E-state index < -0.39 is 0 Å². The molecule has 0 radical (unpaired) electrons. The van der Waals surface area contributed by atoms with Crippen LogP contribution in [0.15, 0.2) is 84.9 Å². The molecule has 30 heavy (non-hydrogen) atoms. The molecule has 2 amide bonds. The van der Waals surface area contributed by atoms with Gasteiger partial charge in [0, 0.05) is 30.4 Å². The molecular formula is C25H25N3O2. The van der Waals surface area contributed by atoms with Crippen molar-refractivity contribution in [3.8, 4) is 11.1 Å². The molecule has 0 bridgehead atoms. The highest BCUT2D eigenvalue weighted by molar-refractivity contribution is 5.96. The van der Waals surface area contributed by atoms with E-state index in [9.17, 15) is 9.59 Å². The van der Waals surface area contributed by atoms with Crippen LogP contribution in [0.2, 0.25) is 0 Å². The van der Waals surface area contributed by atoms with Gasteiger partial charge in [0.2, 0.25) is 5.91 Å². The first-order valence-corrected chi connectivity index (χ1v) is 10.2. The standard InChI is InChI=1S/C25H25N3O2/c29-24(28-16-15-23(18-28)27-22-9-5-2-6-10-22)17-26-25(30)21-13-11-20(12-14-21)19-7-3-1-4-8-19/h1-14,23,27H,15-18H2,(H,26,30). The molecule has 1 fully saturated rings. The molecule has 1 atom stereocenters. The zero-order valence-electron chi connectivity index (χ0n) is 16.8. The predicted molar refractivity (Wildman–Crippen MR) is 119 cm³/mol. The van der Waals surface area contributed by atoms with E-state index in [1.165, 1.54) is 0 Å².